The van der Waals surface area contributed by atoms with E-state index < -0.39 is 0 Å². The fraction of sp³-hybridized carbons (Fsp3) is 0.458. The van der Waals surface area contributed by atoms with Crippen LogP contribution in [-0.4, -0.2) is 33.3 Å². The lowest BCUT2D eigenvalue weighted by Crippen LogP contribution is -2.46. The first-order chi connectivity index (χ1) is 14.2. The monoisotopic (exact) mass is 395 g/mol. The van der Waals surface area contributed by atoms with E-state index in [1.165, 1.54) is 24.8 Å². The number of benzene rings is 2. The molecule has 1 saturated carbocycles. The SMILES string of the molecule is CN=C(NCc1cccc(COc2ccccc2)c1)NCC1(CCOC)CCC1. The standard InChI is InChI=1S/C24H33N3O2/c1-25-23(27-19-24(12-7-13-24)14-15-28-2)26-17-20-8-6-9-21(16-20)18-29-22-10-4-3-5-11-22/h3-6,8-11,16H,7,12-15,17-19H2,1-2H3,(H2,25,26,27). The summed E-state index contributed by atoms with van der Waals surface area (Å²) in [4.78, 5) is 4.38. The van der Waals surface area contributed by atoms with E-state index >= 15 is 0 Å². The Kier molecular flexibility index (Phi) is 7.94. The molecule has 0 radical (unpaired) electrons. The van der Waals surface area contributed by atoms with Crippen molar-refractivity contribution in [3.63, 3.8) is 0 Å². The van der Waals surface area contributed by atoms with E-state index in [4.69, 9.17) is 9.47 Å². The van der Waals surface area contributed by atoms with Crippen molar-refractivity contribution in [3.05, 3.63) is 65.7 Å². The molecule has 0 saturated heterocycles. The van der Waals surface area contributed by atoms with Crippen molar-refractivity contribution in [3.8, 4) is 5.75 Å². The lowest BCUT2D eigenvalue weighted by Gasteiger charge is -2.42. The van der Waals surface area contributed by atoms with Gasteiger partial charge in [0.25, 0.3) is 0 Å². The maximum Gasteiger partial charge on any atom is 0.191 e. The maximum atomic E-state index is 5.85. The van der Waals surface area contributed by atoms with E-state index in [1.807, 2.05) is 37.4 Å². The molecular formula is C24H33N3O2. The third-order valence-electron chi connectivity index (χ3n) is 5.71. The van der Waals surface area contributed by atoms with Crippen LogP contribution in [0.25, 0.3) is 0 Å². The lowest BCUT2D eigenvalue weighted by molar-refractivity contribution is 0.0732. The predicted molar refractivity (Wildman–Crippen MR) is 118 cm³/mol. The van der Waals surface area contributed by atoms with Crippen LogP contribution in [0.5, 0.6) is 5.75 Å². The van der Waals surface area contributed by atoms with Crippen LogP contribution in [0.2, 0.25) is 0 Å². The zero-order valence-electron chi connectivity index (χ0n) is 17.6. The first-order valence-corrected chi connectivity index (χ1v) is 10.4. The first kappa shape index (κ1) is 21.2. The summed E-state index contributed by atoms with van der Waals surface area (Å²) in [6.07, 6.45) is 4.96. The fourth-order valence-electron chi connectivity index (χ4n) is 3.70. The van der Waals surface area contributed by atoms with Gasteiger partial charge >= 0.3 is 0 Å². The Morgan fingerprint density at radius 1 is 1.03 bits per heavy atom. The van der Waals surface area contributed by atoms with Crippen LogP contribution in [0.3, 0.4) is 0 Å². The zero-order chi connectivity index (χ0) is 20.4. The molecule has 2 aromatic rings. The van der Waals surface area contributed by atoms with E-state index in [9.17, 15) is 0 Å². The van der Waals surface area contributed by atoms with Crippen LogP contribution in [0.1, 0.15) is 36.8 Å². The third-order valence-corrected chi connectivity index (χ3v) is 5.71. The molecular weight excluding hydrogens is 362 g/mol. The largest absolute Gasteiger partial charge is 0.489 e. The highest BCUT2D eigenvalue weighted by Crippen LogP contribution is 2.43. The van der Waals surface area contributed by atoms with Crippen LogP contribution < -0.4 is 15.4 Å². The summed E-state index contributed by atoms with van der Waals surface area (Å²) in [5.74, 6) is 1.73. The molecule has 0 amide bonds. The summed E-state index contributed by atoms with van der Waals surface area (Å²) in [5.41, 5.74) is 2.73. The van der Waals surface area contributed by atoms with E-state index in [0.717, 1.165) is 43.4 Å². The molecule has 2 N–H and O–H groups in total. The van der Waals surface area contributed by atoms with Crippen molar-refractivity contribution in [1.82, 2.24) is 10.6 Å². The van der Waals surface area contributed by atoms with Gasteiger partial charge < -0.3 is 20.1 Å². The quantitative estimate of drug-likeness (QED) is 0.469. The number of ether oxygens (including phenoxy) is 2. The van der Waals surface area contributed by atoms with Crippen LogP contribution in [0.4, 0.5) is 0 Å². The van der Waals surface area contributed by atoms with Crippen LogP contribution in [0.15, 0.2) is 59.6 Å². The topological polar surface area (TPSA) is 54.9 Å². The number of rotatable bonds is 10. The van der Waals surface area contributed by atoms with E-state index in [0.29, 0.717) is 12.0 Å². The minimum atomic E-state index is 0.363. The molecule has 1 aliphatic rings. The van der Waals surface area contributed by atoms with Crippen molar-refractivity contribution < 1.29 is 9.47 Å². The molecule has 0 aliphatic heterocycles. The van der Waals surface area contributed by atoms with Crippen molar-refractivity contribution >= 4 is 5.96 Å². The second kappa shape index (κ2) is 10.9. The molecule has 5 heteroatoms. The summed E-state index contributed by atoms with van der Waals surface area (Å²) in [6, 6.07) is 18.4. The van der Waals surface area contributed by atoms with Gasteiger partial charge in [0, 0.05) is 33.9 Å². The minimum Gasteiger partial charge on any atom is -0.489 e. The van der Waals surface area contributed by atoms with Gasteiger partial charge in [0.1, 0.15) is 12.4 Å². The zero-order valence-corrected chi connectivity index (χ0v) is 17.6. The predicted octanol–water partition coefficient (Wildman–Crippen LogP) is 4.14. The Morgan fingerprint density at radius 3 is 2.52 bits per heavy atom. The number of methoxy groups -OCH3 is 1. The van der Waals surface area contributed by atoms with E-state index in [-0.39, 0.29) is 0 Å². The molecule has 0 atom stereocenters. The highest BCUT2D eigenvalue weighted by Gasteiger charge is 2.36. The van der Waals surface area contributed by atoms with Gasteiger partial charge in [-0.25, -0.2) is 0 Å². The lowest BCUT2D eigenvalue weighted by atomic mass is 9.67. The van der Waals surface area contributed by atoms with Crippen molar-refractivity contribution in [1.29, 1.82) is 0 Å². The fourth-order valence-corrected chi connectivity index (χ4v) is 3.70. The number of nitrogens with one attached hydrogen (secondary N) is 2. The Balaban J connectivity index is 1.46. The first-order valence-electron chi connectivity index (χ1n) is 10.4. The molecule has 0 heterocycles. The van der Waals surface area contributed by atoms with Crippen LogP contribution in [-0.2, 0) is 17.9 Å². The maximum absolute atomic E-state index is 5.85. The molecule has 0 aromatic heterocycles. The molecule has 0 spiro atoms. The van der Waals surface area contributed by atoms with Gasteiger partial charge in [-0.05, 0) is 47.9 Å². The summed E-state index contributed by atoms with van der Waals surface area (Å²) < 4.78 is 11.1. The van der Waals surface area contributed by atoms with Gasteiger partial charge in [-0.15, -0.1) is 0 Å². The van der Waals surface area contributed by atoms with Crippen molar-refractivity contribution in [2.24, 2.45) is 10.4 Å². The average molecular weight is 396 g/mol. The van der Waals surface area contributed by atoms with Gasteiger partial charge in [-0.3, -0.25) is 4.99 Å². The van der Waals surface area contributed by atoms with Gasteiger partial charge in [-0.2, -0.15) is 0 Å². The summed E-state index contributed by atoms with van der Waals surface area (Å²) in [5, 5.41) is 6.94. The summed E-state index contributed by atoms with van der Waals surface area (Å²) in [7, 11) is 3.60. The number of guanidine groups is 1. The van der Waals surface area contributed by atoms with E-state index in [2.05, 4.69) is 39.9 Å². The molecule has 1 fully saturated rings. The molecule has 29 heavy (non-hydrogen) atoms. The summed E-state index contributed by atoms with van der Waals surface area (Å²) in [6.45, 7) is 3.06. The Morgan fingerprint density at radius 2 is 1.83 bits per heavy atom. The number of nitrogens with zero attached hydrogens (tertiary/aromatic N) is 1. The number of hydrogen-bond donors (Lipinski definition) is 2. The smallest absolute Gasteiger partial charge is 0.191 e. The second-order valence-electron chi connectivity index (χ2n) is 7.80. The van der Waals surface area contributed by atoms with Gasteiger partial charge in [0.2, 0.25) is 0 Å². The third kappa shape index (κ3) is 6.50. The molecule has 156 valence electrons. The average Bonchev–Trinajstić information content (AvgIpc) is 2.74. The second-order valence-corrected chi connectivity index (χ2v) is 7.80. The number of hydrogen-bond acceptors (Lipinski definition) is 3. The molecule has 5 nitrogen and oxygen atoms in total. The van der Waals surface area contributed by atoms with Crippen LogP contribution in [0, 0.1) is 5.41 Å². The highest BCUT2D eigenvalue weighted by molar-refractivity contribution is 5.79. The molecule has 2 aromatic carbocycles. The molecule has 0 unspecified atom stereocenters. The number of para-hydroxylation sites is 1. The Labute approximate surface area is 174 Å². The molecule has 0 bridgehead atoms. The molecule has 1 aliphatic carbocycles. The molecule has 3 rings (SSSR count). The highest BCUT2D eigenvalue weighted by atomic mass is 16.5. The van der Waals surface area contributed by atoms with Gasteiger partial charge in [0.05, 0.1) is 0 Å². The summed E-state index contributed by atoms with van der Waals surface area (Å²) >= 11 is 0. The number of aliphatic imine (C=N–C) groups is 1. The minimum absolute atomic E-state index is 0.363. The Bertz CT molecular complexity index is 773. The van der Waals surface area contributed by atoms with Crippen molar-refractivity contribution in [2.45, 2.75) is 38.8 Å². The van der Waals surface area contributed by atoms with Crippen LogP contribution >= 0.6 is 0 Å². The van der Waals surface area contributed by atoms with Gasteiger partial charge in [0.15, 0.2) is 5.96 Å². The normalized spacial score (nSPS) is 15.4. The van der Waals surface area contributed by atoms with E-state index in [1.54, 1.807) is 7.11 Å². The van der Waals surface area contributed by atoms with Gasteiger partial charge in [-0.1, -0.05) is 48.9 Å². The Hall–Kier alpha value is -2.53. The van der Waals surface area contributed by atoms with Crippen molar-refractivity contribution in [2.75, 3.05) is 27.3 Å².